The van der Waals surface area contributed by atoms with Crippen molar-refractivity contribution >= 4 is 5.97 Å². The molecule has 0 unspecified atom stereocenters. The molecule has 9 heteroatoms. The first-order valence-electron chi connectivity index (χ1n) is 6.84. The summed E-state index contributed by atoms with van der Waals surface area (Å²) in [5.41, 5.74) is 0.599. The number of nitrogens with zero attached hydrogens (tertiary/aromatic N) is 1. The minimum absolute atomic E-state index is 0.110. The number of carbonyl (C=O) groups is 1. The van der Waals surface area contributed by atoms with E-state index in [4.69, 9.17) is 9.15 Å². The van der Waals surface area contributed by atoms with Gasteiger partial charge in [0.1, 0.15) is 12.4 Å². The molecule has 1 heterocycles. The summed E-state index contributed by atoms with van der Waals surface area (Å²) in [6.45, 7) is -2.08. The zero-order valence-electron chi connectivity index (χ0n) is 12.3. The molecule has 0 amide bonds. The van der Waals surface area contributed by atoms with Crippen LogP contribution in [0.3, 0.4) is 0 Å². The van der Waals surface area contributed by atoms with E-state index in [2.05, 4.69) is 9.72 Å². The van der Waals surface area contributed by atoms with E-state index in [1.807, 2.05) is 0 Å². The van der Waals surface area contributed by atoms with Gasteiger partial charge in [0.15, 0.2) is 12.4 Å². The van der Waals surface area contributed by atoms with Crippen molar-refractivity contribution in [1.29, 1.82) is 0 Å². The van der Waals surface area contributed by atoms with Crippen molar-refractivity contribution in [3.63, 3.8) is 0 Å². The molecule has 24 heavy (non-hydrogen) atoms. The van der Waals surface area contributed by atoms with Crippen LogP contribution in [-0.4, -0.2) is 30.3 Å². The summed E-state index contributed by atoms with van der Waals surface area (Å²) in [5, 5.41) is 0. The number of alkyl halides is 3. The molecule has 2 rings (SSSR count). The summed E-state index contributed by atoms with van der Waals surface area (Å²) in [6.07, 6.45) is -3.36. The Morgan fingerprint density at radius 3 is 2.58 bits per heavy atom. The molecule has 0 bridgehead atoms. The summed E-state index contributed by atoms with van der Waals surface area (Å²) in [6, 6.07) is 5.53. The quantitative estimate of drug-likeness (QED) is 0.436. The van der Waals surface area contributed by atoms with Crippen molar-refractivity contribution in [2.24, 2.45) is 0 Å². The predicted molar refractivity (Wildman–Crippen MR) is 73.2 cm³/mol. The van der Waals surface area contributed by atoms with Crippen molar-refractivity contribution in [2.75, 3.05) is 13.2 Å². The fraction of sp³-hybridized carbons (Fsp3) is 0.333. The van der Waals surface area contributed by atoms with Gasteiger partial charge < -0.3 is 13.9 Å². The first-order valence-corrected chi connectivity index (χ1v) is 6.84. The van der Waals surface area contributed by atoms with Crippen molar-refractivity contribution in [1.82, 2.24) is 4.98 Å². The maximum Gasteiger partial charge on any atom is 0.411 e. The zero-order valence-corrected chi connectivity index (χ0v) is 12.3. The first-order chi connectivity index (χ1) is 11.3. The van der Waals surface area contributed by atoms with Crippen LogP contribution in [0, 0.1) is 5.82 Å². The van der Waals surface area contributed by atoms with Gasteiger partial charge in [-0.2, -0.15) is 13.2 Å². The number of carbonyl (C=O) groups excluding carboxylic acids is 1. The Balaban J connectivity index is 1.74. The van der Waals surface area contributed by atoms with Crippen molar-refractivity contribution in [3.05, 3.63) is 42.2 Å². The lowest BCUT2D eigenvalue weighted by atomic mass is 10.2. The number of aromatic nitrogens is 1. The normalized spacial score (nSPS) is 11.5. The number of benzene rings is 1. The Bertz CT molecular complexity index is 667. The molecular weight excluding hydrogens is 334 g/mol. The van der Waals surface area contributed by atoms with Gasteiger partial charge in [-0.25, -0.2) is 9.37 Å². The van der Waals surface area contributed by atoms with Gasteiger partial charge >= 0.3 is 12.1 Å². The second-order valence-electron chi connectivity index (χ2n) is 4.70. The minimum atomic E-state index is -4.43. The first kappa shape index (κ1) is 17.9. The van der Waals surface area contributed by atoms with Crippen LogP contribution in [0.4, 0.5) is 17.6 Å². The van der Waals surface area contributed by atoms with Gasteiger partial charge in [0, 0.05) is 5.56 Å². The molecule has 0 aliphatic carbocycles. The maximum atomic E-state index is 12.8. The van der Waals surface area contributed by atoms with Gasteiger partial charge in [-0.3, -0.25) is 4.79 Å². The van der Waals surface area contributed by atoms with Crippen LogP contribution in [-0.2, 0) is 20.9 Å². The Kier molecular flexibility index (Phi) is 5.91. The minimum Gasteiger partial charge on any atom is -0.456 e. The average Bonchev–Trinajstić information content (AvgIpc) is 2.98. The lowest BCUT2D eigenvalue weighted by molar-refractivity contribution is -0.176. The smallest absolute Gasteiger partial charge is 0.411 e. The van der Waals surface area contributed by atoms with E-state index in [9.17, 15) is 22.4 Å². The maximum absolute atomic E-state index is 12.8. The van der Waals surface area contributed by atoms with Gasteiger partial charge in [0.2, 0.25) is 5.89 Å². The Morgan fingerprint density at radius 1 is 1.21 bits per heavy atom. The number of oxazole rings is 1. The van der Waals surface area contributed by atoms with Crippen molar-refractivity contribution in [2.45, 2.75) is 19.2 Å². The number of ether oxygens (including phenoxy) is 2. The van der Waals surface area contributed by atoms with Crippen LogP contribution in [0.2, 0.25) is 0 Å². The second-order valence-corrected chi connectivity index (χ2v) is 4.70. The third-order valence-electron chi connectivity index (χ3n) is 2.76. The van der Waals surface area contributed by atoms with E-state index >= 15 is 0 Å². The predicted octanol–water partition coefficient (Wildman–Crippen LogP) is 3.49. The lowest BCUT2D eigenvalue weighted by Crippen LogP contribution is -2.18. The van der Waals surface area contributed by atoms with Crippen LogP contribution in [0.25, 0.3) is 11.3 Å². The molecule has 0 fully saturated rings. The number of hydrogen-bond acceptors (Lipinski definition) is 5. The lowest BCUT2D eigenvalue weighted by Gasteiger charge is -2.07. The van der Waals surface area contributed by atoms with Crippen LogP contribution < -0.4 is 0 Å². The average molecular weight is 347 g/mol. The monoisotopic (exact) mass is 347 g/mol. The largest absolute Gasteiger partial charge is 0.456 e. The molecule has 0 saturated carbocycles. The standard InChI is InChI=1S/C15H13F4NO4/c16-11-3-1-10(2-4-11)12-7-20-13(24-12)8-23-14(21)5-6-22-9-15(17,18)19/h1-4,7H,5-6,8-9H2. The van der Waals surface area contributed by atoms with Crippen molar-refractivity contribution in [3.8, 4) is 11.3 Å². The summed E-state index contributed by atoms with van der Waals surface area (Å²) >= 11 is 0. The molecule has 0 aliphatic rings. The molecule has 0 radical (unpaired) electrons. The second kappa shape index (κ2) is 7.91. The summed E-state index contributed by atoms with van der Waals surface area (Å²) in [5.74, 6) is -0.646. The highest BCUT2D eigenvalue weighted by Crippen LogP contribution is 2.21. The van der Waals surface area contributed by atoms with Crippen molar-refractivity contribution < 1.29 is 36.2 Å². The molecule has 0 spiro atoms. The number of esters is 1. The van der Waals surface area contributed by atoms with E-state index in [0.717, 1.165) is 0 Å². The van der Waals surface area contributed by atoms with Gasteiger partial charge in [-0.15, -0.1) is 0 Å². The molecule has 0 aliphatic heterocycles. The van der Waals surface area contributed by atoms with Crippen LogP contribution >= 0.6 is 0 Å². The Morgan fingerprint density at radius 2 is 1.92 bits per heavy atom. The molecule has 1 aromatic heterocycles. The molecule has 0 atom stereocenters. The van der Waals surface area contributed by atoms with Gasteiger partial charge in [0.25, 0.3) is 0 Å². The van der Waals surface area contributed by atoms with E-state index in [1.54, 1.807) is 0 Å². The highest BCUT2D eigenvalue weighted by atomic mass is 19.4. The molecular formula is C15H13F4NO4. The van der Waals surface area contributed by atoms with E-state index < -0.39 is 25.4 Å². The molecule has 130 valence electrons. The molecule has 0 saturated heterocycles. The highest BCUT2D eigenvalue weighted by molar-refractivity contribution is 5.69. The third-order valence-corrected chi connectivity index (χ3v) is 2.76. The summed E-state index contributed by atoms with van der Waals surface area (Å²) in [4.78, 5) is 15.3. The van der Waals surface area contributed by atoms with Gasteiger partial charge in [-0.1, -0.05) is 0 Å². The number of rotatable bonds is 7. The molecule has 0 N–H and O–H groups in total. The Labute approximate surface area is 134 Å². The molecule has 1 aromatic carbocycles. The summed E-state index contributed by atoms with van der Waals surface area (Å²) < 4.78 is 62.8. The Hall–Kier alpha value is -2.42. The molecule has 2 aromatic rings. The third kappa shape index (κ3) is 5.99. The van der Waals surface area contributed by atoms with Crippen LogP contribution in [0.5, 0.6) is 0 Å². The number of halogens is 4. The fourth-order valence-electron chi connectivity index (χ4n) is 1.68. The SMILES string of the molecule is O=C(CCOCC(F)(F)F)OCc1ncc(-c2ccc(F)cc2)o1. The van der Waals surface area contributed by atoms with E-state index in [1.165, 1.54) is 30.5 Å². The summed E-state index contributed by atoms with van der Waals surface area (Å²) in [7, 11) is 0. The van der Waals surface area contributed by atoms with Crippen LogP contribution in [0.1, 0.15) is 12.3 Å². The van der Waals surface area contributed by atoms with E-state index in [-0.39, 0.29) is 24.7 Å². The zero-order chi connectivity index (χ0) is 17.6. The topological polar surface area (TPSA) is 61.6 Å². The van der Waals surface area contributed by atoms with E-state index in [0.29, 0.717) is 11.3 Å². The van der Waals surface area contributed by atoms with Gasteiger partial charge in [0.05, 0.1) is 19.2 Å². The number of hydrogen-bond donors (Lipinski definition) is 0. The van der Waals surface area contributed by atoms with Crippen LogP contribution in [0.15, 0.2) is 34.9 Å². The molecule has 5 nitrogen and oxygen atoms in total. The highest BCUT2D eigenvalue weighted by Gasteiger charge is 2.27. The van der Waals surface area contributed by atoms with Gasteiger partial charge in [-0.05, 0) is 24.3 Å². The fourth-order valence-corrected chi connectivity index (χ4v) is 1.68.